The van der Waals surface area contributed by atoms with Gasteiger partial charge in [0.25, 0.3) is 5.91 Å². The fourth-order valence-electron chi connectivity index (χ4n) is 1.69. The molecule has 0 aliphatic carbocycles. The predicted molar refractivity (Wildman–Crippen MR) is 75.8 cm³/mol. The first-order valence-corrected chi connectivity index (χ1v) is 7.94. The number of halogens is 3. The minimum Gasteiger partial charge on any atom is -0.352 e. The van der Waals surface area contributed by atoms with Gasteiger partial charge in [-0.15, -0.1) is 0 Å². The minimum absolute atomic E-state index is 0.0785. The molecule has 0 atom stereocenters. The third-order valence-electron chi connectivity index (χ3n) is 2.79. The van der Waals surface area contributed by atoms with Crippen molar-refractivity contribution in [2.24, 2.45) is 0 Å². The highest BCUT2D eigenvalue weighted by Crippen LogP contribution is 2.26. The number of alkyl halides is 3. The molecule has 10 heteroatoms. The molecule has 6 nitrogen and oxygen atoms in total. The van der Waals surface area contributed by atoms with Crippen LogP contribution in [0.15, 0.2) is 30.3 Å². The summed E-state index contributed by atoms with van der Waals surface area (Å²) in [6.45, 7) is -0.0248. The van der Waals surface area contributed by atoms with E-state index in [1.165, 1.54) is 0 Å². The Bertz CT molecular complexity index is 660. The van der Waals surface area contributed by atoms with E-state index in [4.69, 9.17) is 0 Å². The molecule has 0 fully saturated rings. The van der Waals surface area contributed by atoms with Crippen LogP contribution < -0.4 is 5.32 Å². The Morgan fingerprint density at radius 3 is 2.22 bits per heavy atom. The smallest absolute Gasteiger partial charge is 0.352 e. The van der Waals surface area contributed by atoms with Crippen LogP contribution in [-0.4, -0.2) is 43.1 Å². The number of nitrogens with zero attached hydrogens (tertiary/aromatic N) is 1. The van der Waals surface area contributed by atoms with E-state index in [1.54, 1.807) is 30.3 Å². The molecule has 128 valence electrons. The zero-order chi connectivity index (χ0) is 17.7. The average molecular weight is 352 g/mol. The van der Waals surface area contributed by atoms with Gasteiger partial charge in [-0.25, -0.2) is 4.31 Å². The van der Waals surface area contributed by atoms with Crippen molar-refractivity contribution < 1.29 is 31.2 Å². The average Bonchev–Trinajstić information content (AvgIpc) is 2.45. The number of sulfonamides is 1. The number of nitrogens with one attached hydrogen (secondary N) is 1. The SMILES string of the molecule is CC(=O)N(CCCNC(=O)c1ccccc1)S(=O)(=O)C(F)(F)F. The van der Waals surface area contributed by atoms with Crippen molar-refractivity contribution in [2.75, 3.05) is 13.1 Å². The lowest BCUT2D eigenvalue weighted by Gasteiger charge is -2.22. The van der Waals surface area contributed by atoms with E-state index < -0.39 is 33.9 Å². The Labute approximate surface area is 131 Å². The van der Waals surface area contributed by atoms with E-state index in [0.717, 1.165) is 6.92 Å². The number of hydrogen-bond donors (Lipinski definition) is 1. The van der Waals surface area contributed by atoms with Crippen molar-refractivity contribution >= 4 is 21.8 Å². The van der Waals surface area contributed by atoms with Crippen molar-refractivity contribution in [1.82, 2.24) is 9.62 Å². The molecule has 0 spiro atoms. The summed E-state index contributed by atoms with van der Waals surface area (Å²) in [5.74, 6) is -1.68. The molecule has 0 saturated carbocycles. The van der Waals surface area contributed by atoms with Crippen LogP contribution in [0, 0.1) is 0 Å². The highest BCUT2D eigenvalue weighted by Gasteiger charge is 2.50. The molecule has 0 radical (unpaired) electrons. The summed E-state index contributed by atoms with van der Waals surface area (Å²) in [7, 11) is -5.72. The maximum absolute atomic E-state index is 12.5. The van der Waals surface area contributed by atoms with Crippen LogP contribution in [-0.2, 0) is 14.8 Å². The summed E-state index contributed by atoms with van der Waals surface area (Å²) in [5.41, 5.74) is -5.19. The minimum atomic E-state index is -5.72. The van der Waals surface area contributed by atoms with Gasteiger partial charge < -0.3 is 5.32 Å². The lowest BCUT2D eigenvalue weighted by Crippen LogP contribution is -2.44. The number of carbonyl (C=O) groups is 2. The van der Waals surface area contributed by atoms with Crippen molar-refractivity contribution in [3.63, 3.8) is 0 Å². The van der Waals surface area contributed by atoms with Crippen LogP contribution in [0.4, 0.5) is 13.2 Å². The second-order valence-corrected chi connectivity index (χ2v) is 6.37. The van der Waals surface area contributed by atoms with Gasteiger partial charge in [-0.1, -0.05) is 18.2 Å². The Morgan fingerprint density at radius 2 is 1.74 bits per heavy atom. The third-order valence-corrected chi connectivity index (χ3v) is 4.40. The third kappa shape index (κ3) is 4.95. The van der Waals surface area contributed by atoms with Crippen LogP contribution in [0.25, 0.3) is 0 Å². The quantitative estimate of drug-likeness (QED) is 0.787. The Balaban J connectivity index is 2.59. The summed E-state index contributed by atoms with van der Waals surface area (Å²) >= 11 is 0. The Morgan fingerprint density at radius 1 is 1.17 bits per heavy atom. The van der Waals surface area contributed by atoms with Gasteiger partial charge >= 0.3 is 15.5 Å². The van der Waals surface area contributed by atoms with Crippen LogP contribution in [0.3, 0.4) is 0 Å². The van der Waals surface area contributed by atoms with Crippen LogP contribution >= 0.6 is 0 Å². The van der Waals surface area contributed by atoms with Crippen molar-refractivity contribution in [1.29, 1.82) is 0 Å². The first-order valence-electron chi connectivity index (χ1n) is 6.50. The van der Waals surface area contributed by atoms with E-state index >= 15 is 0 Å². The van der Waals surface area contributed by atoms with E-state index in [9.17, 15) is 31.2 Å². The molecule has 0 heterocycles. The van der Waals surface area contributed by atoms with E-state index in [1.807, 2.05) is 0 Å². The van der Waals surface area contributed by atoms with Gasteiger partial charge in [0.15, 0.2) is 0 Å². The molecule has 1 aromatic rings. The van der Waals surface area contributed by atoms with Crippen LogP contribution in [0.2, 0.25) is 0 Å². The molecule has 0 saturated heterocycles. The Kier molecular flexibility index (Phi) is 6.13. The molecule has 0 aromatic heterocycles. The van der Waals surface area contributed by atoms with Crippen LogP contribution in [0.5, 0.6) is 0 Å². The largest absolute Gasteiger partial charge is 0.516 e. The molecule has 1 N–H and O–H groups in total. The molecule has 0 aliphatic rings. The maximum Gasteiger partial charge on any atom is 0.516 e. The summed E-state index contributed by atoms with van der Waals surface area (Å²) in [6, 6.07) is 8.09. The van der Waals surface area contributed by atoms with Crippen molar-refractivity contribution in [3.05, 3.63) is 35.9 Å². The topological polar surface area (TPSA) is 83.6 Å². The molecule has 0 unspecified atom stereocenters. The molecular weight excluding hydrogens is 337 g/mol. The number of amides is 2. The van der Waals surface area contributed by atoms with Gasteiger partial charge in [-0.2, -0.15) is 21.6 Å². The van der Waals surface area contributed by atoms with Crippen molar-refractivity contribution in [3.8, 4) is 0 Å². The standard InChI is InChI=1S/C13H15F3N2O4S/c1-10(19)18(23(21,22)13(14,15)16)9-5-8-17-12(20)11-6-3-2-4-7-11/h2-4,6-7H,5,8-9H2,1H3,(H,17,20). The van der Waals surface area contributed by atoms with E-state index in [0.29, 0.717) is 5.56 Å². The van der Waals surface area contributed by atoms with Gasteiger partial charge in [0.1, 0.15) is 0 Å². The normalized spacial score (nSPS) is 11.8. The zero-order valence-corrected chi connectivity index (χ0v) is 12.9. The second kappa shape index (κ2) is 7.44. The van der Waals surface area contributed by atoms with Gasteiger partial charge in [-0.05, 0) is 18.6 Å². The molecule has 1 rings (SSSR count). The fourth-order valence-corrected chi connectivity index (χ4v) is 2.65. The van der Waals surface area contributed by atoms with E-state index in [-0.39, 0.29) is 17.3 Å². The van der Waals surface area contributed by atoms with Gasteiger partial charge in [0.05, 0.1) is 0 Å². The zero-order valence-electron chi connectivity index (χ0n) is 12.1. The first kappa shape index (κ1) is 18.9. The highest BCUT2D eigenvalue weighted by molar-refractivity contribution is 7.90. The van der Waals surface area contributed by atoms with Gasteiger partial charge in [0.2, 0.25) is 5.91 Å². The summed E-state index contributed by atoms with van der Waals surface area (Å²) in [4.78, 5) is 22.8. The number of carbonyl (C=O) groups excluding carboxylic acids is 2. The molecule has 1 aromatic carbocycles. The molecule has 23 heavy (non-hydrogen) atoms. The molecule has 2 amide bonds. The van der Waals surface area contributed by atoms with Gasteiger partial charge in [0, 0.05) is 25.6 Å². The monoisotopic (exact) mass is 352 g/mol. The summed E-state index contributed by atoms with van der Waals surface area (Å²) in [5, 5.41) is 2.43. The number of benzene rings is 1. The summed E-state index contributed by atoms with van der Waals surface area (Å²) in [6.07, 6.45) is -0.145. The molecule has 0 bridgehead atoms. The second-order valence-electron chi connectivity index (χ2n) is 4.52. The molecular formula is C13H15F3N2O4S. The molecule has 0 aliphatic heterocycles. The number of hydrogen-bond acceptors (Lipinski definition) is 4. The lowest BCUT2D eigenvalue weighted by molar-refractivity contribution is -0.125. The highest BCUT2D eigenvalue weighted by atomic mass is 32.2. The number of rotatable bonds is 6. The van der Waals surface area contributed by atoms with Gasteiger partial charge in [-0.3, -0.25) is 9.59 Å². The fraction of sp³-hybridized carbons (Fsp3) is 0.385. The van der Waals surface area contributed by atoms with Crippen LogP contribution in [0.1, 0.15) is 23.7 Å². The summed E-state index contributed by atoms with van der Waals surface area (Å²) < 4.78 is 59.6. The Hall–Kier alpha value is -2.10. The maximum atomic E-state index is 12.5. The predicted octanol–water partition coefficient (Wildman–Crippen LogP) is 1.50. The van der Waals surface area contributed by atoms with Crippen molar-refractivity contribution in [2.45, 2.75) is 18.9 Å². The lowest BCUT2D eigenvalue weighted by atomic mass is 10.2. The van der Waals surface area contributed by atoms with E-state index in [2.05, 4.69) is 5.32 Å². The first-order chi connectivity index (χ1) is 10.6.